The summed E-state index contributed by atoms with van der Waals surface area (Å²) in [6, 6.07) is 3.70. The van der Waals surface area contributed by atoms with Gasteiger partial charge in [0.1, 0.15) is 0 Å². The van der Waals surface area contributed by atoms with E-state index in [0.717, 1.165) is 23.0 Å². The van der Waals surface area contributed by atoms with E-state index in [-0.39, 0.29) is 0 Å². The summed E-state index contributed by atoms with van der Waals surface area (Å²) in [5.74, 6) is 2.39. The van der Waals surface area contributed by atoms with Gasteiger partial charge in [0.25, 0.3) is 0 Å². The lowest BCUT2D eigenvalue weighted by molar-refractivity contribution is 0.248. The van der Waals surface area contributed by atoms with Crippen molar-refractivity contribution in [3.8, 4) is 11.5 Å². The molecule has 8 heteroatoms. The third-order valence-electron chi connectivity index (χ3n) is 3.39. The second-order valence-corrected chi connectivity index (χ2v) is 7.16. The van der Waals surface area contributed by atoms with Gasteiger partial charge in [-0.05, 0) is 36.8 Å². The van der Waals surface area contributed by atoms with Gasteiger partial charge in [0.05, 0.1) is 24.5 Å². The van der Waals surface area contributed by atoms with Crippen LogP contribution in [0, 0.1) is 5.92 Å². The van der Waals surface area contributed by atoms with Gasteiger partial charge >= 0.3 is 0 Å². The van der Waals surface area contributed by atoms with Crippen molar-refractivity contribution in [2.24, 2.45) is 11.0 Å². The van der Waals surface area contributed by atoms with Crippen LogP contribution in [0.3, 0.4) is 0 Å². The molecule has 0 aliphatic heterocycles. The maximum absolute atomic E-state index is 6.43. The van der Waals surface area contributed by atoms with E-state index in [1.165, 1.54) is 11.8 Å². The molecule has 6 nitrogen and oxygen atoms in total. The molecule has 0 aliphatic carbocycles. The highest BCUT2D eigenvalue weighted by Crippen LogP contribution is 2.36. The molecule has 0 saturated heterocycles. The largest absolute Gasteiger partial charge is 0.490 e. The maximum Gasteiger partial charge on any atom is 0.211 e. The molecule has 0 radical (unpaired) electrons. The fraction of sp³-hybridized carbons (Fsp3) is 0.500. The first kappa shape index (κ1) is 20.6. The van der Waals surface area contributed by atoms with Gasteiger partial charge in [-0.3, -0.25) is 0 Å². The van der Waals surface area contributed by atoms with Crippen LogP contribution in [-0.4, -0.2) is 40.6 Å². The number of aromatic nitrogens is 3. The van der Waals surface area contributed by atoms with Crippen LogP contribution in [0.2, 0.25) is 5.02 Å². The lowest BCUT2D eigenvalue weighted by atomic mass is 10.2. The average molecular weight is 397 g/mol. The Morgan fingerprint density at radius 1 is 1.27 bits per heavy atom. The lowest BCUT2D eigenvalue weighted by Crippen LogP contribution is -2.07. The molecule has 0 amide bonds. The number of benzene rings is 1. The number of hydrogen-bond acceptors (Lipinski definition) is 6. The van der Waals surface area contributed by atoms with Gasteiger partial charge in [-0.2, -0.15) is 9.78 Å². The summed E-state index contributed by atoms with van der Waals surface area (Å²) in [5, 5.41) is 14.0. The lowest BCUT2D eigenvalue weighted by Gasteiger charge is -2.15. The van der Waals surface area contributed by atoms with Crippen molar-refractivity contribution in [1.29, 1.82) is 0 Å². The first-order valence-corrected chi connectivity index (χ1v) is 10.2. The summed E-state index contributed by atoms with van der Waals surface area (Å²) in [5.41, 5.74) is 0.818. The number of thioether (sulfide) groups is 1. The van der Waals surface area contributed by atoms with Crippen LogP contribution in [-0.2, 0) is 6.42 Å². The van der Waals surface area contributed by atoms with E-state index in [0.29, 0.717) is 35.7 Å². The zero-order valence-corrected chi connectivity index (χ0v) is 17.4. The number of nitrogens with zero attached hydrogens (tertiary/aromatic N) is 4. The van der Waals surface area contributed by atoms with E-state index < -0.39 is 0 Å². The molecular weight excluding hydrogens is 372 g/mol. The van der Waals surface area contributed by atoms with Crippen molar-refractivity contribution in [2.45, 2.75) is 39.3 Å². The van der Waals surface area contributed by atoms with E-state index in [1.807, 2.05) is 32.2 Å². The molecule has 2 rings (SSSR count). The van der Waals surface area contributed by atoms with E-state index in [1.54, 1.807) is 10.9 Å². The predicted molar refractivity (Wildman–Crippen MR) is 107 cm³/mol. The second kappa shape index (κ2) is 9.83. The fourth-order valence-electron chi connectivity index (χ4n) is 2.20. The zero-order chi connectivity index (χ0) is 19.1. The van der Waals surface area contributed by atoms with Crippen LogP contribution >= 0.6 is 23.4 Å². The third kappa shape index (κ3) is 5.14. The van der Waals surface area contributed by atoms with Crippen molar-refractivity contribution < 1.29 is 9.47 Å². The van der Waals surface area contributed by atoms with Gasteiger partial charge in [0, 0.05) is 6.42 Å². The van der Waals surface area contributed by atoms with E-state index in [9.17, 15) is 0 Å². The minimum absolute atomic E-state index is 0.396. The van der Waals surface area contributed by atoms with Crippen molar-refractivity contribution >= 4 is 29.6 Å². The number of ether oxygens (including phenoxy) is 2. The predicted octanol–water partition coefficient (Wildman–Crippen LogP) is 4.53. The van der Waals surface area contributed by atoms with Crippen molar-refractivity contribution in [1.82, 2.24) is 14.9 Å². The number of aryl methyl sites for hydroxylation is 1. The van der Waals surface area contributed by atoms with E-state index in [4.69, 9.17) is 21.1 Å². The third-order valence-corrected chi connectivity index (χ3v) is 4.29. The monoisotopic (exact) mass is 396 g/mol. The van der Waals surface area contributed by atoms with Gasteiger partial charge in [0.2, 0.25) is 5.16 Å². The zero-order valence-electron chi connectivity index (χ0n) is 15.8. The number of rotatable bonds is 9. The average Bonchev–Trinajstić information content (AvgIpc) is 3.01. The van der Waals surface area contributed by atoms with Gasteiger partial charge in [-0.25, -0.2) is 0 Å². The molecule has 0 spiro atoms. The summed E-state index contributed by atoms with van der Waals surface area (Å²) in [4.78, 5) is 0. The molecule has 1 heterocycles. The quantitative estimate of drug-likeness (QED) is 0.460. The standard InChI is InChI=1S/C18H25ClN4O2S/c1-6-16-21-22-18(26-5)23(16)20-10-13-8-14(19)17(25-11-12(3)4)15(9-13)24-7-2/h8-10,12H,6-7,11H2,1-5H3/b20-10-. The molecule has 0 fully saturated rings. The number of halogens is 1. The van der Waals surface area contributed by atoms with Gasteiger partial charge in [0.15, 0.2) is 17.3 Å². The molecule has 1 aromatic heterocycles. The first-order valence-electron chi connectivity index (χ1n) is 8.61. The Morgan fingerprint density at radius 2 is 2.04 bits per heavy atom. The first-order chi connectivity index (χ1) is 12.5. The Kier molecular flexibility index (Phi) is 7.78. The topological polar surface area (TPSA) is 61.5 Å². The molecule has 0 bridgehead atoms. The Morgan fingerprint density at radius 3 is 2.65 bits per heavy atom. The van der Waals surface area contributed by atoms with Gasteiger partial charge in [-0.15, -0.1) is 10.2 Å². The molecule has 2 aromatic rings. The van der Waals surface area contributed by atoms with Gasteiger partial charge < -0.3 is 9.47 Å². The molecule has 0 saturated carbocycles. The van der Waals surface area contributed by atoms with Crippen LogP contribution in [0.4, 0.5) is 0 Å². The molecule has 142 valence electrons. The van der Waals surface area contributed by atoms with Crippen LogP contribution in [0.1, 0.15) is 39.1 Å². The minimum Gasteiger partial charge on any atom is -0.490 e. The normalized spacial score (nSPS) is 11.5. The van der Waals surface area contributed by atoms with E-state index >= 15 is 0 Å². The SMILES string of the molecule is CCOc1cc(/C=N\n2c(CC)nnc2SC)cc(Cl)c1OCC(C)C. The van der Waals surface area contributed by atoms with Crippen LogP contribution in [0.25, 0.3) is 0 Å². The highest BCUT2D eigenvalue weighted by Gasteiger charge is 2.13. The summed E-state index contributed by atoms with van der Waals surface area (Å²) in [6.45, 7) is 9.22. The van der Waals surface area contributed by atoms with Crippen LogP contribution in [0.15, 0.2) is 22.4 Å². The summed E-state index contributed by atoms with van der Waals surface area (Å²) in [7, 11) is 0. The Balaban J connectivity index is 2.34. The molecular formula is C18H25ClN4O2S. The minimum atomic E-state index is 0.396. The number of hydrogen-bond donors (Lipinski definition) is 0. The Bertz CT molecular complexity index is 740. The van der Waals surface area contributed by atoms with Crippen molar-refractivity contribution in [2.75, 3.05) is 19.5 Å². The smallest absolute Gasteiger partial charge is 0.211 e. The molecule has 0 N–H and O–H groups in total. The van der Waals surface area contributed by atoms with Crippen LogP contribution in [0.5, 0.6) is 11.5 Å². The fourth-order valence-corrected chi connectivity index (χ4v) is 2.92. The second-order valence-electron chi connectivity index (χ2n) is 5.98. The van der Waals surface area contributed by atoms with E-state index in [2.05, 4.69) is 29.1 Å². The maximum atomic E-state index is 6.43. The molecule has 0 unspecified atom stereocenters. The van der Waals surface area contributed by atoms with Gasteiger partial charge in [-0.1, -0.05) is 44.1 Å². The van der Waals surface area contributed by atoms with Crippen molar-refractivity contribution in [3.05, 3.63) is 28.5 Å². The Labute approximate surface area is 163 Å². The van der Waals surface area contributed by atoms with Crippen LogP contribution < -0.4 is 9.47 Å². The molecule has 0 aliphatic rings. The molecule has 1 aromatic carbocycles. The molecule has 0 atom stereocenters. The molecule has 26 heavy (non-hydrogen) atoms. The summed E-state index contributed by atoms with van der Waals surface area (Å²) < 4.78 is 13.3. The Hall–Kier alpha value is -1.73. The summed E-state index contributed by atoms with van der Waals surface area (Å²) in [6.07, 6.45) is 4.42. The highest BCUT2D eigenvalue weighted by molar-refractivity contribution is 7.98. The highest BCUT2D eigenvalue weighted by atomic mass is 35.5. The van der Waals surface area contributed by atoms with Crippen molar-refractivity contribution in [3.63, 3.8) is 0 Å². The summed E-state index contributed by atoms with van der Waals surface area (Å²) >= 11 is 7.93.